The van der Waals surface area contributed by atoms with Crippen molar-refractivity contribution in [3.63, 3.8) is 0 Å². The summed E-state index contributed by atoms with van der Waals surface area (Å²) in [5, 5.41) is 6.97. The van der Waals surface area contributed by atoms with E-state index in [4.69, 9.17) is 14.2 Å². The molecule has 0 saturated heterocycles. The molecule has 152 valence electrons. The summed E-state index contributed by atoms with van der Waals surface area (Å²) in [5.74, 6) is 2.23. The SMILES string of the molecule is CCOc1cc(/C=N\Nc2nc(-c3ccccc3OC)cs2)ccc1OC(C)C. The van der Waals surface area contributed by atoms with Crippen molar-refractivity contribution in [2.75, 3.05) is 19.1 Å². The molecule has 7 heteroatoms. The highest BCUT2D eigenvalue weighted by atomic mass is 32.1. The minimum Gasteiger partial charge on any atom is -0.496 e. The van der Waals surface area contributed by atoms with Gasteiger partial charge in [0.1, 0.15) is 5.75 Å². The van der Waals surface area contributed by atoms with Crippen molar-refractivity contribution in [3.05, 3.63) is 53.4 Å². The van der Waals surface area contributed by atoms with Crippen LogP contribution in [0.25, 0.3) is 11.3 Å². The first-order chi connectivity index (χ1) is 14.1. The fourth-order valence-corrected chi connectivity index (χ4v) is 3.35. The van der Waals surface area contributed by atoms with E-state index in [1.165, 1.54) is 11.3 Å². The number of ether oxygens (including phenoxy) is 3. The van der Waals surface area contributed by atoms with Gasteiger partial charge in [-0.15, -0.1) is 11.3 Å². The molecule has 6 nitrogen and oxygen atoms in total. The Morgan fingerprint density at radius 1 is 1.14 bits per heavy atom. The van der Waals surface area contributed by atoms with Crippen molar-refractivity contribution in [1.82, 2.24) is 4.98 Å². The normalized spacial score (nSPS) is 11.1. The highest BCUT2D eigenvalue weighted by Gasteiger charge is 2.10. The zero-order valence-electron chi connectivity index (χ0n) is 17.0. The fourth-order valence-electron chi connectivity index (χ4n) is 2.69. The van der Waals surface area contributed by atoms with Gasteiger partial charge in [-0.1, -0.05) is 12.1 Å². The quantitative estimate of drug-likeness (QED) is 0.375. The number of nitrogens with zero attached hydrogens (tertiary/aromatic N) is 2. The van der Waals surface area contributed by atoms with Gasteiger partial charge < -0.3 is 14.2 Å². The van der Waals surface area contributed by atoms with Crippen LogP contribution in [0.4, 0.5) is 5.13 Å². The van der Waals surface area contributed by atoms with Crippen molar-refractivity contribution in [3.8, 4) is 28.5 Å². The molecule has 1 heterocycles. The smallest absolute Gasteiger partial charge is 0.203 e. The Bertz CT molecular complexity index is 969. The average Bonchev–Trinajstić information content (AvgIpc) is 3.18. The van der Waals surface area contributed by atoms with E-state index >= 15 is 0 Å². The Kier molecular flexibility index (Phi) is 7.08. The van der Waals surface area contributed by atoms with Gasteiger partial charge >= 0.3 is 0 Å². The van der Waals surface area contributed by atoms with Crippen LogP contribution in [0.5, 0.6) is 17.2 Å². The number of para-hydroxylation sites is 1. The highest BCUT2D eigenvalue weighted by molar-refractivity contribution is 7.14. The highest BCUT2D eigenvalue weighted by Crippen LogP contribution is 2.32. The predicted molar refractivity (Wildman–Crippen MR) is 119 cm³/mol. The molecule has 0 unspecified atom stereocenters. The van der Waals surface area contributed by atoms with Crippen molar-refractivity contribution < 1.29 is 14.2 Å². The molecule has 0 aliphatic heterocycles. The Hall–Kier alpha value is -3.06. The fraction of sp³-hybridized carbons (Fsp3) is 0.273. The summed E-state index contributed by atoms with van der Waals surface area (Å²) in [5.41, 5.74) is 5.68. The van der Waals surface area contributed by atoms with Crippen LogP contribution in [0.1, 0.15) is 26.3 Å². The number of hydrogen-bond acceptors (Lipinski definition) is 7. The zero-order valence-corrected chi connectivity index (χ0v) is 17.8. The van der Waals surface area contributed by atoms with Crippen molar-refractivity contribution in [2.45, 2.75) is 26.9 Å². The Morgan fingerprint density at radius 2 is 1.97 bits per heavy atom. The number of hydrazone groups is 1. The van der Waals surface area contributed by atoms with Gasteiger partial charge in [0.15, 0.2) is 11.5 Å². The average molecular weight is 412 g/mol. The Labute approximate surface area is 175 Å². The monoisotopic (exact) mass is 411 g/mol. The van der Waals surface area contributed by atoms with Crippen LogP contribution in [-0.2, 0) is 0 Å². The Balaban J connectivity index is 1.70. The lowest BCUT2D eigenvalue weighted by atomic mass is 10.1. The largest absolute Gasteiger partial charge is 0.496 e. The van der Waals surface area contributed by atoms with Gasteiger partial charge in [0, 0.05) is 10.9 Å². The van der Waals surface area contributed by atoms with Gasteiger partial charge in [-0.3, -0.25) is 5.43 Å². The summed E-state index contributed by atoms with van der Waals surface area (Å²) < 4.78 is 16.9. The summed E-state index contributed by atoms with van der Waals surface area (Å²) in [4.78, 5) is 4.58. The molecule has 3 rings (SSSR count). The van der Waals surface area contributed by atoms with Crippen molar-refractivity contribution >= 4 is 22.7 Å². The molecule has 2 aromatic carbocycles. The second kappa shape index (κ2) is 9.93. The van der Waals surface area contributed by atoms with Crippen LogP contribution in [0.15, 0.2) is 52.9 Å². The van der Waals surface area contributed by atoms with Gasteiger partial charge in [0.05, 0.1) is 31.7 Å². The first-order valence-corrected chi connectivity index (χ1v) is 10.3. The topological polar surface area (TPSA) is 65.0 Å². The minimum atomic E-state index is 0.0812. The number of benzene rings is 2. The molecule has 0 spiro atoms. The molecule has 0 aliphatic carbocycles. The van der Waals surface area contributed by atoms with E-state index in [9.17, 15) is 0 Å². The Morgan fingerprint density at radius 3 is 2.72 bits per heavy atom. The predicted octanol–water partition coefficient (Wildman–Crippen LogP) is 5.45. The van der Waals surface area contributed by atoms with Gasteiger partial charge in [-0.2, -0.15) is 5.10 Å². The third-order valence-electron chi connectivity index (χ3n) is 3.89. The first-order valence-electron chi connectivity index (χ1n) is 9.42. The molecule has 1 aromatic heterocycles. The summed E-state index contributed by atoms with van der Waals surface area (Å²) >= 11 is 1.48. The van der Waals surface area contributed by atoms with E-state index in [0.717, 1.165) is 28.3 Å². The number of rotatable bonds is 9. The van der Waals surface area contributed by atoms with E-state index in [2.05, 4.69) is 15.5 Å². The molecule has 29 heavy (non-hydrogen) atoms. The third-order valence-corrected chi connectivity index (χ3v) is 4.64. The minimum absolute atomic E-state index is 0.0812. The van der Waals surface area contributed by atoms with E-state index in [-0.39, 0.29) is 6.10 Å². The van der Waals surface area contributed by atoms with Crippen LogP contribution >= 0.6 is 11.3 Å². The summed E-state index contributed by atoms with van der Waals surface area (Å²) in [7, 11) is 1.66. The number of aromatic nitrogens is 1. The van der Waals surface area contributed by atoms with E-state index in [0.29, 0.717) is 17.5 Å². The molecule has 3 aromatic rings. The van der Waals surface area contributed by atoms with Crippen molar-refractivity contribution in [2.24, 2.45) is 5.10 Å². The number of nitrogens with one attached hydrogen (secondary N) is 1. The summed E-state index contributed by atoms with van der Waals surface area (Å²) in [6, 6.07) is 13.5. The standard InChI is InChI=1S/C22H25N3O3S/c1-5-27-21-12-16(10-11-20(21)28-15(2)3)13-23-25-22-24-18(14-29-22)17-8-6-7-9-19(17)26-4/h6-15H,5H2,1-4H3,(H,24,25)/b23-13-. The molecule has 0 fully saturated rings. The molecule has 0 atom stereocenters. The van der Waals surface area contributed by atoms with Gasteiger partial charge in [0.25, 0.3) is 0 Å². The zero-order chi connectivity index (χ0) is 20.6. The number of thiazole rings is 1. The van der Waals surface area contributed by atoms with E-state index in [1.807, 2.05) is 68.6 Å². The molecule has 0 radical (unpaired) electrons. The lowest BCUT2D eigenvalue weighted by Gasteiger charge is -2.14. The van der Waals surface area contributed by atoms with Crippen LogP contribution in [-0.4, -0.2) is 31.0 Å². The number of hydrogen-bond donors (Lipinski definition) is 1. The van der Waals surface area contributed by atoms with E-state index < -0.39 is 0 Å². The van der Waals surface area contributed by atoms with Gasteiger partial charge in [0.2, 0.25) is 5.13 Å². The second-order valence-electron chi connectivity index (χ2n) is 6.41. The maximum Gasteiger partial charge on any atom is 0.203 e. The summed E-state index contributed by atoms with van der Waals surface area (Å²) in [6.07, 6.45) is 1.81. The lowest BCUT2D eigenvalue weighted by molar-refractivity contribution is 0.224. The maximum atomic E-state index is 5.79. The molecule has 0 amide bonds. The van der Waals surface area contributed by atoms with Crippen LogP contribution < -0.4 is 19.6 Å². The lowest BCUT2D eigenvalue weighted by Crippen LogP contribution is -2.07. The van der Waals surface area contributed by atoms with Crippen molar-refractivity contribution in [1.29, 1.82) is 0 Å². The third kappa shape index (κ3) is 5.48. The molecular formula is C22H25N3O3S. The van der Waals surface area contributed by atoms with Crippen LogP contribution in [0.3, 0.4) is 0 Å². The number of methoxy groups -OCH3 is 1. The first kappa shape index (κ1) is 20.7. The van der Waals surface area contributed by atoms with E-state index in [1.54, 1.807) is 13.3 Å². The maximum absolute atomic E-state index is 5.79. The van der Waals surface area contributed by atoms with Gasteiger partial charge in [-0.05, 0) is 56.7 Å². The molecule has 1 N–H and O–H groups in total. The molecule has 0 aliphatic rings. The molecular weight excluding hydrogens is 386 g/mol. The van der Waals surface area contributed by atoms with Gasteiger partial charge in [-0.25, -0.2) is 4.98 Å². The molecule has 0 bridgehead atoms. The molecule has 0 saturated carbocycles. The number of anilines is 1. The second-order valence-corrected chi connectivity index (χ2v) is 7.27. The van der Waals surface area contributed by atoms with Crippen LogP contribution in [0.2, 0.25) is 0 Å². The van der Waals surface area contributed by atoms with Crippen LogP contribution in [0, 0.1) is 0 Å². The summed E-state index contributed by atoms with van der Waals surface area (Å²) in [6.45, 7) is 6.49.